The van der Waals surface area contributed by atoms with Gasteiger partial charge in [-0.15, -0.1) is 0 Å². The summed E-state index contributed by atoms with van der Waals surface area (Å²) >= 11 is 6.15. The van der Waals surface area contributed by atoms with E-state index in [-0.39, 0.29) is 11.8 Å². The molecule has 3 rings (SSSR count). The van der Waals surface area contributed by atoms with Crippen molar-refractivity contribution in [2.24, 2.45) is 7.05 Å². The molecule has 0 aliphatic carbocycles. The van der Waals surface area contributed by atoms with Crippen LogP contribution in [0.5, 0.6) is 0 Å². The van der Waals surface area contributed by atoms with Crippen molar-refractivity contribution in [3.05, 3.63) is 88.7 Å². The Hall–Kier alpha value is -2.59. The summed E-state index contributed by atoms with van der Waals surface area (Å²) < 4.78 is 1.72. The Kier molecular flexibility index (Phi) is 5.51. The molecule has 0 aliphatic heterocycles. The number of hydrogen-bond acceptors (Lipinski definition) is 2. The van der Waals surface area contributed by atoms with E-state index in [4.69, 9.17) is 11.6 Å². The predicted octanol–water partition coefficient (Wildman–Crippen LogP) is 3.91. The number of nitrogens with zero attached hydrogens (tertiary/aromatic N) is 2. The average molecular weight is 354 g/mol. The van der Waals surface area contributed by atoms with Gasteiger partial charge >= 0.3 is 0 Å². The van der Waals surface area contributed by atoms with Crippen LogP contribution in [0.1, 0.15) is 29.0 Å². The second-order valence-corrected chi connectivity index (χ2v) is 6.46. The molecule has 1 aromatic heterocycles. The first-order valence-corrected chi connectivity index (χ1v) is 8.54. The Morgan fingerprint density at radius 1 is 1.16 bits per heavy atom. The normalized spacial score (nSPS) is 11.9. The highest BCUT2D eigenvalue weighted by molar-refractivity contribution is 6.30. The Balaban J connectivity index is 1.74. The molecule has 5 heteroatoms. The van der Waals surface area contributed by atoms with E-state index in [9.17, 15) is 4.79 Å². The molecule has 3 aromatic rings. The van der Waals surface area contributed by atoms with Crippen molar-refractivity contribution in [2.45, 2.75) is 18.9 Å². The van der Waals surface area contributed by atoms with Gasteiger partial charge in [0, 0.05) is 42.7 Å². The van der Waals surface area contributed by atoms with Gasteiger partial charge in [0.25, 0.3) is 0 Å². The number of rotatable bonds is 6. The molecule has 0 spiro atoms. The number of aromatic nitrogens is 2. The van der Waals surface area contributed by atoms with Gasteiger partial charge in [0.15, 0.2) is 0 Å². The lowest BCUT2D eigenvalue weighted by molar-refractivity contribution is -0.121. The first-order valence-electron chi connectivity index (χ1n) is 8.16. The average Bonchev–Trinajstić information content (AvgIpc) is 3.04. The van der Waals surface area contributed by atoms with E-state index in [1.54, 1.807) is 10.9 Å². The van der Waals surface area contributed by atoms with Gasteiger partial charge in [-0.05, 0) is 23.3 Å². The number of carbonyl (C=O) groups is 1. The summed E-state index contributed by atoms with van der Waals surface area (Å²) in [5.41, 5.74) is 3.12. The lowest BCUT2D eigenvalue weighted by Crippen LogP contribution is -2.24. The Bertz CT molecular complexity index is 845. The minimum absolute atomic E-state index is 0.00215. The zero-order valence-electron chi connectivity index (χ0n) is 14.0. The van der Waals surface area contributed by atoms with Crippen molar-refractivity contribution < 1.29 is 4.79 Å². The van der Waals surface area contributed by atoms with E-state index in [0.29, 0.717) is 18.0 Å². The standard InChI is InChI=1S/C20H20ClN3O/c1-24-14-15(13-23-24)12-22-20(25)11-19(16-6-3-2-4-7-16)17-8-5-9-18(21)10-17/h2-10,13-14,19H,11-12H2,1H3,(H,22,25). The lowest BCUT2D eigenvalue weighted by Gasteiger charge is -2.18. The van der Waals surface area contributed by atoms with Crippen LogP contribution >= 0.6 is 11.6 Å². The SMILES string of the molecule is Cn1cc(CNC(=O)CC(c2ccccc2)c2cccc(Cl)c2)cn1. The fraction of sp³-hybridized carbons (Fsp3) is 0.200. The number of amides is 1. The zero-order valence-corrected chi connectivity index (χ0v) is 14.8. The fourth-order valence-corrected chi connectivity index (χ4v) is 3.06. The van der Waals surface area contributed by atoms with Crippen LogP contribution in [-0.4, -0.2) is 15.7 Å². The molecule has 0 bridgehead atoms. The third-order valence-electron chi connectivity index (χ3n) is 4.09. The largest absolute Gasteiger partial charge is 0.352 e. The van der Waals surface area contributed by atoms with Crippen LogP contribution < -0.4 is 5.32 Å². The Labute approximate surface area is 152 Å². The number of benzene rings is 2. The van der Waals surface area contributed by atoms with Crippen LogP contribution in [0.3, 0.4) is 0 Å². The molecular weight excluding hydrogens is 334 g/mol. The molecule has 0 radical (unpaired) electrons. The van der Waals surface area contributed by atoms with Crippen molar-refractivity contribution >= 4 is 17.5 Å². The van der Waals surface area contributed by atoms with Crippen molar-refractivity contribution in [1.82, 2.24) is 15.1 Å². The number of halogens is 1. The highest BCUT2D eigenvalue weighted by Crippen LogP contribution is 2.29. The van der Waals surface area contributed by atoms with Gasteiger partial charge in [-0.25, -0.2) is 0 Å². The van der Waals surface area contributed by atoms with Crippen LogP contribution in [0.2, 0.25) is 5.02 Å². The summed E-state index contributed by atoms with van der Waals surface area (Å²) in [5.74, 6) is -0.0357. The molecule has 1 N–H and O–H groups in total. The van der Waals surface area contributed by atoms with Crippen molar-refractivity contribution in [1.29, 1.82) is 0 Å². The Morgan fingerprint density at radius 2 is 1.92 bits per heavy atom. The van der Waals surface area contributed by atoms with Gasteiger partial charge in [0.05, 0.1) is 6.20 Å². The quantitative estimate of drug-likeness (QED) is 0.730. The maximum Gasteiger partial charge on any atom is 0.221 e. The predicted molar refractivity (Wildman–Crippen MR) is 99.4 cm³/mol. The van der Waals surface area contributed by atoms with Gasteiger partial charge in [0.2, 0.25) is 5.91 Å². The topological polar surface area (TPSA) is 46.9 Å². The Morgan fingerprint density at radius 3 is 2.60 bits per heavy atom. The maximum absolute atomic E-state index is 12.5. The van der Waals surface area contributed by atoms with Crippen molar-refractivity contribution in [3.8, 4) is 0 Å². The van der Waals surface area contributed by atoms with Crippen LogP contribution in [-0.2, 0) is 18.4 Å². The minimum atomic E-state index is -0.0335. The second kappa shape index (κ2) is 7.99. The van der Waals surface area contributed by atoms with E-state index < -0.39 is 0 Å². The van der Waals surface area contributed by atoms with Gasteiger partial charge in [0.1, 0.15) is 0 Å². The van der Waals surface area contributed by atoms with E-state index in [1.807, 2.05) is 67.8 Å². The van der Waals surface area contributed by atoms with Crippen molar-refractivity contribution in [2.75, 3.05) is 0 Å². The molecular formula is C20H20ClN3O. The first kappa shape index (κ1) is 17.2. The van der Waals surface area contributed by atoms with Gasteiger partial charge in [-0.1, -0.05) is 54.1 Å². The third-order valence-corrected chi connectivity index (χ3v) is 4.33. The molecule has 0 aliphatic rings. The summed E-state index contributed by atoms with van der Waals surface area (Å²) in [6.45, 7) is 0.476. The summed E-state index contributed by atoms with van der Waals surface area (Å²) in [7, 11) is 1.86. The highest BCUT2D eigenvalue weighted by atomic mass is 35.5. The monoisotopic (exact) mass is 353 g/mol. The molecule has 1 heterocycles. The second-order valence-electron chi connectivity index (χ2n) is 6.02. The molecule has 0 saturated heterocycles. The molecule has 128 valence electrons. The summed E-state index contributed by atoms with van der Waals surface area (Å²) in [5, 5.41) is 7.76. The van der Waals surface area contributed by atoms with E-state index >= 15 is 0 Å². The van der Waals surface area contributed by atoms with Crippen LogP contribution in [0.4, 0.5) is 0 Å². The van der Waals surface area contributed by atoms with Gasteiger partial charge in [-0.2, -0.15) is 5.10 Å². The van der Waals surface area contributed by atoms with Gasteiger partial charge in [-0.3, -0.25) is 9.48 Å². The molecule has 2 aromatic carbocycles. The maximum atomic E-state index is 12.5. The molecule has 25 heavy (non-hydrogen) atoms. The summed E-state index contributed by atoms with van der Waals surface area (Å²) in [6, 6.07) is 17.7. The zero-order chi connectivity index (χ0) is 17.6. The third kappa shape index (κ3) is 4.70. The minimum Gasteiger partial charge on any atom is -0.352 e. The van der Waals surface area contributed by atoms with Crippen LogP contribution in [0.15, 0.2) is 67.0 Å². The van der Waals surface area contributed by atoms with E-state index in [2.05, 4.69) is 10.4 Å². The van der Waals surface area contributed by atoms with Crippen LogP contribution in [0, 0.1) is 0 Å². The number of nitrogens with one attached hydrogen (secondary N) is 1. The fourth-order valence-electron chi connectivity index (χ4n) is 2.86. The number of hydrogen-bond donors (Lipinski definition) is 1. The molecule has 1 unspecified atom stereocenters. The molecule has 0 fully saturated rings. The van der Waals surface area contributed by atoms with Gasteiger partial charge < -0.3 is 5.32 Å². The number of carbonyl (C=O) groups excluding carboxylic acids is 1. The van der Waals surface area contributed by atoms with E-state index in [1.165, 1.54) is 0 Å². The molecule has 0 saturated carbocycles. The molecule has 4 nitrogen and oxygen atoms in total. The summed E-state index contributed by atoms with van der Waals surface area (Å²) in [6.07, 6.45) is 4.02. The van der Waals surface area contributed by atoms with Crippen LogP contribution in [0.25, 0.3) is 0 Å². The van der Waals surface area contributed by atoms with Crippen molar-refractivity contribution in [3.63, 3.8) is 0 Å². The van der Waals surface area contributed by atoms with E-state index in [0.717, 1.165) is 16.7 Å². The lowest BCUT2D eigenvalue weighted by atomic mass is 9.88. The highest BCUT2D eigenvalue weighted by Gasteiger charge is 2.18. The number of aryl methyl sites for hydroxylation is 1. The summed E-state index contributed by atoms with van der Waals surface area (Å²) in [4.78, 5) is 12.5. The molecule has 1 amide bonds. The molecule has 1 atom stereocenters. The first-order chi connectivity index (χ1) is 12.1. The smallest absolute Gasteiger partial charge is 0.221 e.